The third-order valence-electron chi connectivity index (χ3n) is 6.62. The Balaban J connectivity index is 1.47. The van der Waals surface area contributed by atoms with E-state index in [1.165, 1.54) is 30.7 Å². The molecule has 1 unspecified atom stereocenters. The monoisotopic (exact) mass is 402 g/mol. The zero-order valence-corrected chi connectivity index (χ0v) is 17.4. The van der Waals surface area contributed by atoms with E-state index < -0.39 is 0 Å². The van der Waals surface area contributed by atoms with Crippen molar-refractivity contribution in [3.63, 3.8) is 0 Å². The van der Waals surface area contributed by atoms with Crippen molar-refractivity contribution in [1.29, 1.82) is 5.26 Å². The van der Waals surface area contributed by atoms with Crippen LogP contribution in [0.15, 0.2) is 42.6 Å². The van der Waals surface area contributed by atoms with Crippen LogP contribution in [0.3, 0.4) is 0 Å². The van der Waals surface area contributed by atoms with Crippen LogP contribution in [-0.2, 0) is 0 Å². The minimum Gasteiger partial charge on any atom is -0.369 e. The first-order valence-electron chi connectivity index (χ1n) is 11.0. The molecule has 154 valence electrons. The molecular formula is C25H27FN4. The smallest absolute Gasteiger partial charge is 0.147 e. The predicted molar refractivity (Wildman–Crippen MR) is 117 cm³/mol. The maximum absolute atomic E-state index is 13.4. The van der Waals surface area contributed by atoms with Gasteiger partial charge < -0.3 is 9.80 Å². The number of pyridine rings is 1. The second-order valence-corrected chi connectivity index (χ2v) is 8.94. The van der Waals surface area contributed by atoms with Crippen LogP contribution in [0.4, 0.5) is 10.2 Å². The van der Waals surface area contributed by atoms with Gasteiger partial charge in [0.1, 0.15) is 17.7 Å². The molecule has 2 saturated carbocycles. The third-order valence-corrected chi connectivity index (χ3v) is 6.62. The molecule has 5 rings (SSSR count). The summed E-state index contributed by atoms with van der Waals surface area (Å²) in [6.07, 6.45) is 4.78. The SMILES string of the molecule is C=C(C1CC1)N1CCN(c2nc(C3CC3)c(-c3ccc(F)cc3)cc2C#N)CC1C. The molecule has 5 heteroatoms. The molecule has 1 aromatic heterocycles. The third kappa shape index (κ3) is 3.56. The Morgan fingerprint density at radius 3 is 2.50 bits per heavy atom. The van der Waals surface area contributed by atoms with Gasteiger partial charge in [-0.1, -0.05) is 18.7 Å². The van der Waals surface area contributed by atoms with Gasteiger partial charge in [0.15, 0.2) is 0 Å². The van der Waals surface area contributed by atoms with Crippen molar-refractivity contribution in [2.45, 2.75) is 44.6 Å². The first kappa shape index (κ1) is 19.1. The number of hydrogen-bond acceptors (Lipinski definition) is 4. The quantitative estimate of drug-likeness (QED) is 0.700. The Morgan fingerprint density at radius 2 is 1.90 bits per heavy atom. The minimum atomic E-state index is -0.253. The predicted octanol–water partition coefficient (Wildman–Crippen LogP) is 5.07. The second-order valence-electron chi connectivity index (χ2n) is 8.94. The number of rotatable bonds is 5. The van der Waals surface area contributed by atoms with E-state index in [2.05, 4.69) is 29.4 Å². The summed E-state index contributed by atoms with van der Waals surface area (Å²) >= 11 is 0. The Kier molecular flexibility index (Phi) is 4.73. The van der Waals surface area contributed by atoms with Gasteiger partial charge in [-0.05, 0) is 62.3 Å². The molecule has 2 aromatic rings. The molecule has 1 aromatic carbocycles. The van der Waals surface area contributed by atoms with E-state index in [1.54, 1.807) is 12.1 Å². The number of benzene rings is 1. The molecule has 0 bridgehead atoms. The number of allylic oxidation sites excluding steroid dienone is 1. The Bertz CT molecular complexity index is 1010. The molecule has 2 heterocycles. The molecule has 0 radical (unpaired) electrons. The van der Waals surface area contributed by atoms with E-state index in [4.69, 9.17) is 4.98 Å². The average Bonchev–Trinajstić information content (AvgIpc) is 3.65. The summed E-state index contributed by atoms with van der Waals surface area (Å²) in [6, 6.07) is 11.2. The molecule has 30 heavy (non-hydrogen) atoms. The zero-order chi connectivity index (χ0) is 20.8. The summed E-state index contributed by atoms with van der Waals surface area (Å²) in [7, 11) is 0. The van der Waals surface area contributed by atoms with Crippen LogP contribution in [0, 0.1) is 23.1 Å². The summed E-state index contributed by atoms with van der Waals surface area (Å²) in [5, 5.41) is 9.90. The van der Waals surface area contributed by atoms with Crippen LogP contribution in [0.1, 0.15) is 49.8 Å². The minimum absolute atomic E-state index is 0.253. The molecule has 3 fully saturated rings. The van der Waals surface area contributed by atoms with Gasteiger partial charge in [0, 0.05) is 42.9 Å². The van der Waals surface area contributed by atoms with Crippen LogP contribution >= 0.6 is 0 Å². The molecule has 4 nitrogen and oxygen atoms in total. The number of anilines is 1. The molecule has 0 N–H and O–H groups in total. The topological polar surface area (TPSA) is 43.2 Å². The summed E-state index contributed by atoms with van der Waals surface area (Å²) in [5.74, 6) is 1.65. The maximum Gasteiger partial charge on any atom is 0.147 e. The highest BCUT2D eigenvalue weighted by molar-refractivity contribution is 5.72. The number of nitriles is 1. The fourth-order valence-corrected chi connectivity index (χ4v) is 4.60. The lowest BCUT2D eigenvalue weighted by atomic mass is 9.99. The standard InChI is InChI=1S/C25H27FN4/c1-16-15-29(11-12-30(16)17(2)18-3-4-18)25-21(14-27)13-23(24(28-25)20-5-6-20)19-7-9-22(26)10-8-19/h7-10,13,16,18,20H,2-6,11-12,15H2,1H3. The van der Waals surface area contributed by atoms with Gasteiger partial charge in [-0.2, -0.15) is 5.26 Å². The summed E-state index contributed by atoms with van der Waals surface area (Å²) in [6.45, 7) is 9.17. The summed E-state index contributed by atoms with van der Waals surface area (Å²) in [4.78, 5) is 9.75. The van der Waals surface area contributed by atoms with Crippen LogP contribution in [0.5, 0.6) is 0 Å². The number of aromatic nitrogens is 1. The second kappa shape index (κ2) is 7.43. The first-order chi connectivity index (χ1) is 14.5. The van der Waals surface area contributed by atoms with Crippen molar-refractivity contribution >= 4 is 5.82 Å². The van der Waals surface area contributed by atoms with Crippen molar-refractivity contribution < 1.29 is 4.39 Å². The van der Waals surface area contributed by atoms with Crippen molar-refractivity contribution in [2.24, 2.45) is 5.92 Å². The van der Waals surface area contributed by atoms with Gasteiger partial charge >= 0.3 is 0 Å². The van der Waals surface area contributed by atoms with Gasteiger partial charge in [-0.3, -0.25) is 0 Å². The lowest BCUT2D eigenvalue weighted by molar-refractivity contribution is 0.232. The maximum atomic E-state index is 13.4. The zero-order valence-electron chi connectivity index (χ0n) is 17.4. The van der Waals surface area contributed by atoms with Gasteiger partial charge in [0.2, 0.25) is 0 Å². The molecular weight excluding hydrogens is 375 g/mol. The van der Waals surface area contributed by atoms with Gasteiger partial charge in [-0.25, -0.2) is 9.37 Å². The molecule has 0 spiro atoms. The number of hydrogen-bond donors (Lipinski definition) is 0. The molecule has 2 aliphatic carbocycles. The number of nitrogens with zero attached hydrogens (tertiary/aromatic N) is 4. The molecule has 1 saturated heterocycles. The molecule has 0 amide bonds. The number of piperazine rings is 1. The Morgan fingerprint density at radius 1 is 1.17 bits per heavy atom. The van der Waals surface area contributed by atoms with E-state index in [1.807, 2.05) is 6.07 Å². The van der Waals surface area contributed by atoms with E-state index in [-0.39, 0.29) is 5.82 Å². The van der Waals surface area contributed by atoms with Gasteiger partial charge in [0.05, 0.1) is 11.3 Å². The first-order valence-corrected chi connectivity index (χ1v) is 11.0. The van der Waals surface area contributed by atoms with Crippen molar-refractivity contribution in [3.8, 4) is 17.2 Å². The largest absolute Gasteiger partial charge is 0.369 e. The van der Waals surface area contributed by atoms with E-state index in [9.17, 15) is 9.65 Å². The van der Waals surface area contributed by atoms with Crippen molar-refractivity contribution in [3.05, 3.63) is 59.7 Å². The Hall–Kier alpha value is -2.87. The van der Waals surface area contributed by atoms with Gasteiger partial charge in [-0.15, -0.1) is 0 Å². The number of halogens is 1. The van der Waals surface area contributed by atoms with Crippen LogP contribution in [0.25, 0.3) is 11.1 Å². The van der Waals surface area contributed by atoms with Gasteiger partial charge in [0.25, 0.3) is 0 Å². The van der Waals surface area contributed by atoms with E-state index in [0.29, 0.717) is 23.4 Å². The summed E-state index contributed by atoms with van der Waals surface area (Å²) in [5.41, 5.74) is 4.81. The fraction of sp³-hybridized carbons (Fsp3) is 0.440. The lowest BCUT2D eigenvalue weighted by Gasteiger charge is -2.43. The molecule has 3 aliphatic rings. The highest BCUT2D eigenvalue weighted by Crippen LogP contribution is 2.45. The van der Waals surface area contributed by atoms with Crippen LogP contribution in [0.2, 0.25) is 0 Å². The summed E-state index contributed by atoms with van der Waals surface area (Å²) < 4.78 is 13.4. The Labute approximate surface area is 177 Å². The lowest BCUT2D eigenvalue weighted by Crippen LogP contribution is -2.52. The van der Waals surface area contributed by atoms with Crippen LogP contribution < -0.4 is 4.90 Å². The van der Waals surface area contributed by atoms with Crippen LogP contribution in [-0.4, -0.2) is 35.6 Å². The average molecular weight is 403 g/mol. The highest BCUT2D eigenvalue weighted by atomic mass is 19.1. The normalized spacial score (nSPS) is 21.4. The highest BCUT2D eigenvalue weighted by Gasteiger charge is 2.35. The fourth-order valence-electron chi connectivity index (χ4n) is 4.60. The molecule has 1 atom stereocenters. The van der Waals surface area contributed by atoms with E-state index in [0.717, 1.165) is 55.1 Å². The van der Waals surface area contributed by atoms with Crippen molar-refractivity contribution in [2.75, 3.05) is 24.5 Å². The van der Waals surface area contributed by atoms with Crippen molar-refractivity contribution in [1.82, 2.24) is 9.88 Å². The van der Waals surface area contributed by atoms with E-state index >= 15 is 0 Å². The molecule has 1 aliphatic heterocycles.